The van der Waals surface area contributed by atoms with Crippen molar-refractivity contribution in [2.45, 2.75) is 0 Å². The predicted molar refractivity (Wildman–Crippen MR) is 49.7 cm³/mol. The Morgan fingerprint density at radius 2 is 2.31 bits per heavy atom. The fourth-order valence-corrected chi connectivity index (χ4v) is 1.29. The van der Waals surface area contributed by atoms with Crippen molar-refractivity contribution < 1.29 is 9.90 Å². The lowest BCUT2D eigenvalue weighted by molar-refractivity contribution is -0.105. The smallest absolute Gasteiger partial charge is 0.211 e. The zero-order valence-corrected chi connectivity index (χ0v) is 6.74. The molecule has 0 radical (unpaired) electrons. The van der Waals surface area contributed by atoms with Crippen molar-refractivity contribution in [1.29, 1.82) is 0 Å². The number of amides is 1. The van der Waals surface area contributed by atoms with E-state index in [4.69, 9.17) is 0 Å². The highest BCUT2D eigenvalue weighted by Gasteiger charge is 2.02. The van der Waals surface area contributed by atoms with Crippen LogP contribution in [-0.4, -0.2) is 16.5 Å². The largest absolute Gasteiger partial charge is 0.508 e. The molecule has 13 heavy (non-hydrogen) atoms. The van der Waals surface area contributed by atoms with Crippen molar-refractivity contribution in [3.8, 4) is 5.75 Å². The summed E-state index contributed by atoms with van der Waals surface area (Å²) in [4.78, 5) is 13.2. The summed E-state index contributed by atoms with van der Waals surface area (Å²) < 4.78 is 0. The van der Waals surface area contributed by atoms with Crippen LogP contribution in [-0.2, 0) is 4.79 Å². The van der Waals surface area contributed by atoms with Gasteiger partial charge in [-0.05, 0) is 18.2 Å². The zero-order valence-electron chi connectivity index (χ0n) is 6.74. The summed E-state index contributed by atoms with van der Waals surface area (Å²) in [6, 6.07) is 4.93. The van der Waals surface area contributed by atoms with Gasteiger partial charge in [-0.3, -0.25) is 4.79 Å². The Kier molecular flexibility index (Phi) is 1.66. The van der Waals surface area contributed by atoms with E-state index >= 15 is 0 Å². The molecule has 0 aliphatic carbocycles. The molecular weight excluding hydrogens is 168 g/mol. The van der Waals surface area contributed by atoms with Gasteiger partial charge in [0.2, 0.25) is 6.41 Å². The summed E-state index contributed by atoms with van der Waals surface area (Å²) in [5, 5.41) is 12.5. The Morgan fingerprint density at radius 1 is 1.46 bits per heavy atom. The number of carbonyl (C=O) groups excluding carboxylic acids is 1. The van der Waals surface area contributed by atoms with E-state index in [1.54, 1.807) is 24.4 Å². The van der Waals surface area contributed by atoms with Crippen molar-refractivity contribution in [3.05, 3.63) is 24.4 Å². The van der Waals surface area contributed by atoms with Crippen LogP contribution < -0.4 is 5.32 Å². The third kappa shape index (κ3) is 1.22. The second-order valence-electron chi connectivity index (χ2n) is 2.69. The van der Waals surface area contributed by atoms with Crippen molar-refractivity contribution in [2.24, 2.45) is 0 Å². The third-order valence-electron chi connectivity index (χ3n) is 1.88. The number of phenolic OH excluding ortho intramolecular Hbond substituents is 1. The molecule has 4 heteroatoms. The molecule has 4 nitrogen and oxygen atoms in total. The lowest BCUT2D eigenvalue weighted by atomic mass is 10.2. The molecule has 0 spiro atoms. The first-order valence-corrected chi connectivity index (χ1v) is 3.81. The average Bonchev–Trinajstić information content (AvgIpc) is 2.49. The maximum absolute atomic E-state index is 10.2. The topological polar surface area (TPSA) is 65.1 Å². The van der Waals surface area contributed by atoms with E-state index in [1.165, 1.54) is 0 Å². The number of carbonyl (C=O) groups is 1. The van der Waals surface area contributed by atoms with E-state index < -0.39 is 0 Å². The number of anilines is 1. The van der Waals surface area contributed by atoms with Gasteiger partial charge in [0.05, 0.1) is 5.69 Å². The second-order valence-corrected chi connectivity index (χ2v) is 2.69. The van der Waals surface area contributed by atoms with Crippen LogP contribution in [0.4, 0.5) is 5.69 Å². The van der Waals surface area contributed by atoms with Gasteiger partial charge >= 0.3 is 0 Å². The summed E-state index contributed by atoms with van der Waals surface area (Å²) in [6.45, 7) is 0. The third-order valence-corrected chi connectivity index (χ3v) is 1.88. The molecule has 1 heterocycles. The molecule has 0 fully saturated rings. The minimum Gasteiger partial charge on any atom is -0.508 e. The number of fused-ring (bicyclic) bond motifs is 1. The highest BCUT2D eigenvalue weighted by molar-refractivity contribution is 5.96. The van der Waals surface area contributed by atoms with Crippen LogP contribution in [0.3, 0.4) is 0 Å². The number of benzene rings is 1. The van der Waals surface area contributed by atoms with Crippen molar-refractivity contribution >= 4 is 23.0 Å². The van der Waals surface area contributed by atoms with Crippen LogP contribution in [0.15, 0.2) is 24.4 Å². The van der Waals surface area contributed by atoms with Gasteiger partial charge in [0.25, 0.3) is 0 Å². The second kappa shape index (κ2) is 2.82. The number of rotatable bonds is 2. The van der Waals surface area contributed by atoms with Crippen LogP contribution in [0.25, 0.3) is 10.9 Å². The molecule has 0 saturated heterocycles. The fraction of sp³-hybridized carbons (Fsp3) is 0. The molecule has 0 bridgehead atoms. The first-order valence-electron chi connectivity index (χ1n) is 3.81. The highest BCUT2D eigenvalue weighted by atomic mass is 16.3. The Bertz CT molecular complexity index is 448. The lowest BCUT2D eigenvalue weighted by Crippen LogP contribution is -1.91. The Morgan fingerprint density at radius 3 is 3.08 bits per heavy atom. The number of aromatic amines is 1. The van der Waals surface area contributed by atoms with Gasteiger partial charge in [-0.25, -0.2) is 0 Å². The fourth-order valence-electron chi connectivity index (χ4n) is 1.29. The quantitative estimate of drug-likeness (QED) is 0.606. The SMILES string of the molecule is O=CNc1c[nH]c2ccc(O)cc12. The number of hydrogen-bond donors (Lipinski definition) is 3. The first kappa shape index (κ1) is 7.67. The molecule has 2 aromatic rings. The van der Waals surface area contributed by atoms with Crippen LogP contribution >= 0.6 is 0 Å². The number of H-pyrrole nitrogens is 1. The van der Waals surface area contributed by atoms with Gasteiger partial charge in [-0.15, -0.1) is 0 Å². The van der Waals surface area contributed by atoms with Crippen molar-refractivity contribution in [3.63, 3.8) is 0 Å². The minimum atomic E-state index is 0.182. The number of hydrogen-bond acceptors (Lipinski definition) is 2. The summed E-state index contributed by atoms with van der Waals surface area (Å²) >= 11 is 0. The molecule has 1 aromatic heterocycles. The van der Waals surface area contributed by atoms with E-state index in [0.29, 0.717) is 12.1 Å². The summed E-state index contributed by atoms with van der Waals surface area (Å²) in [6.07, 6.45) is 2.28. The van der Waals surface area contributed by atoms with Gasteiger partial charge in [0.15, 0.2) is 0 Å². The monoisotopic (exact) mass is 176 g/mol. The first-order chi connectivity index (χ1) is 6.31. The Hall–Kier alpha value is -1.97. The number of nitrogens with one attached hydrogen (secondary N) is 2. The van der Waals surface area contributed by atoms with Crippen molar-refractivity contribution in [2.75, 3.05) is 5.32 Å². The molecule has 0 saturated carbocycles. The minimum absolute atomic E-state index is 0.182. The average molecular weight is 176 g/mol. The molecule has 0 aliphatic heterocycles. The van der Waals surface area contributed by atoms with E-state index in [0.717, 1.165) is 10.9 Å². The highest BCUT2D eigenvalue weighted by Crippen LogP contribution is 2.25. The normalized spacial score (nSPS) is 10.2. The Balaban J connectivity index is 2.64. The van der Waals surface area contributed by atoms with E-state index in [1.807, 2.05) is 0 Å². The predicted octanol–water partition coefficient (Wildman–Crippen LogP) is 1.44. The van der Waals surface area contributed by atoms with Crippen LogP contribution in [0, 0.1) is 0 Å². The Labute approximate surface area is 74.2 Å². The standard InChI is InChI=1S/C9H8N2O2/c12-5-11-9-4-10-8-2-1-6(13)3-7(8)9/h1-5,10,13H,(H,11,12). The van der Waals surface area contributed by atoms with Crippen LogP contribution in [0.2, 0.25) is 0 Å². The van der Waals surface area contributed by atoms with Crippen molar-refractivity contribution in [1.82, 2.24) is 4.98 Å². The number of aromatic nitrogens is 1. The van der Waals surface area contributed by atoms with E-state index in [-0.39, 0.29) is 5.75 Å². The van der Waals surface area contributed by atoms with E-state index in [9.17, 15) is 9.90 Å². The van der Waals surface area contributed by atoms with Crippen LogP contribution in [0.5, 0.6) is 5.75 Å². The maximum Gasteiger partial charge on any atom is 0.211 e. The molecule has 3 N–H and O–H groups in total. The molecule has 0 aliphatic rings. The maximum atomic E-state index is 10.2. The molecule has 66 valence electrons. The number of phenols is 1. The molecule has 1 amide bonds. The molecule has 2 rings (SSSR count). The molecule has 0 unspecified atom stereocenters. The molecule has 1 aromatic carbocycles. The zero-order chi connectivity index (χ0) is 9.26. The summed E-state index contributed by atoms with van der Waals surface area (Å²) in [5.74, 6) is 0.182. The van der Waals surface area contributed by atoms with E-state index in [2.05, 4.69) is 10.3 Å². The summed E-state index contributed by atoms with van der Waals surface area (Å²) in [5.41, 5.74) is 1.54. The van der Waals surface area contributed by atoms with Gasteiger partial charge in [0.1, 0.15) is 5.75 Å². The van der Waals surface area contributed by atoms with Gasteiger partial charge in [0, 0.05) is 17.1 Å². The lowest BCUT2D eigenvalue weighted by Gasteiger charge is -1.95. The van der Waals surface area contributed by atoms with Gasteiger partial charge in [-0.2, -0.15) is 0 Å². The number of aromatic hydroxyl groups is 1. The van der Waals surface area contributed by atoms with Gasteiger partial charge < -0.3 is 15.4 Å². The van der Waals surface area contributed by atoms with Crippen LogP contribution in [0.1, 0.15) is 0 Å². The summed E-state index contributed by atoms with van der Waals surface area (Å²) in [7, 11) is 0. The van der Waals surface area contributed by atoms with Gasteiger partial charge in [-0.1, -0.05) is 0 Å². The molecule has 0 atom stereocenters. The molecular formula is C9H8N2O2.